The second-order valence-electron chi connectivity index (χ2n) is 7.74. The number of imide groups is 1. The van der Waals surface area contributed by atoms with E-state index in [1.54, 1.807) is 7.11 Å². The first kappa shape index (κ1) is 17.9. The van der Waals surface area contributed by atoms with Gasteiger partial charge in [0.15, 0.2) is 0 Å². The van der Waals surface area contributed by atoms with Crippen LogP contribution < -0.4 is 4.74 Å². The monoisotopic (exact) mass is 389 g/mol. The Balaban J connectivity index is 1.36. The van der Waals surface area contributed by atoms with Gasteiger partial charge in [-0.15, -0.1) is 0 Å². The van der Waals surface area contributed by atoms with Crippen molar-refractivity contribution < 1.29 is 14.3 Å². The summed E-state index contributed by atoms with van der Waals surface area (Å²) in [6, 6.07) is 15.3. The standard InChI is InChI=1S/C23H23N3O3/c1-29-16-7-8-19-18(11-16)17-9-10-25(14-20(17)24-19)21-12-22(27)26(23(21)28)13-15-5-3-2-4-6-15/h2-8,11,21,24H,9-10,12-14H2,1H3/t21-/m1/s1. The van der Waals surface area contributed by atoms with Crippen LogP contribution in [0.5, 0.6) is 5.75 Å². The molecule has 0 saturated carbocycles. The van der Waals surface area contributed by atoms with Crippen LogP contribution in [0, 0.1) is 0 Å². The molecule has 3 heterocycles. The molecule has 0 unspecified atom stereocenters. The van der Waals surface area contributed by atoms with Crippen LogP contribution in [0.3, 0.4) is 0 Å². The number of nitrogens with zero attached hydrogens (tertiary/aromatic N) is 2. The van der Waals surface area contributed by atoms with E-state index in [9.17, 15) is 9.59 Å². The molecule has 2 aliphatic rings. The zero-order valence-corrected chi connectivity index (χ0v) is 16.4. The molecule has 0 bridgehead atoms. The van der Waals surface area contributed by atoms with Gasteiger partial charge < -0.3 is 9.72 Å². The summed E-state index contributed by atoms with van der Waals surface area (Å²) in [5, 5.41) is 1.18. The Morgan fingerprint density at radius 3 is 2.76 bits per heavy atom. The smallest absolute Gasteiger partial charge is 0.247 e. The van der Waals surface area contributed by atoms with Crippen molar-refractivity contribution in [2.75, 3.05) is 13.7 Å². The lowest BCUT2D eigenvalue weighted by Gasteiger charge is -2.30. The number of aromatic amines is 1. The van der Waals surface area contributed by atoms with Crippen molar-refractivity contribution in [2.24, 2.45) is 0 Å². The van der Waals surface area contributed by atoms with Gasteiger partial charge in [-0.2, -0.15) is 0 Å². The van der Waals surface area contributed by atoms with Crippen LogP contribution in [0.15, 0.2) is 48.5 Å². The Kier molecular flexibility index (Phi) is 4.36. The minimum atomic E-state index is -0.375. The van der Waals surface area contributed by atoms with E-state index in [1.165, 1.54) is 15.8 Å². The van der Waals surface area contributed by atoms with E-state index in [-0.39, 0.29) is 24.3 Å². The number of hydrogen-bond donors (Lipinski definition) is 1. The molecule has 0 aliphatic carbocycles. The predicted molar refractivity (Wildman–Crippen MR) is 109 cm³/mol. The lowest BCUT2D eigenvalue weighted by atomic mass is 10.0. The van der Waals surface area contributed by atoms with Gasteiger partial charge >= 0.3 is 0 Å². The maximum atomic E-state index is 13.0. The van der Waals surface area contributed by atoms with Crippen molar-refractivity contribution >= 4 is 22.7 Å². The van der Waals surface area contributed by atoms with Crippen LogP contribution in [-0.4, -0.2) is 46.3 Å². The molecule has 0 radical (unpaired) electrons. The average Bonchev–Trinajstić information content (AvgIpc) is 3.25. The third-order valence-electron chi connectivity index (χ3n) is 6.06. The highest BCUT2D eigenvalue weighted by Crippen LogP contribution is 2.32. The quantitative estimate of drug-likeness (QED) is 0.697. The topological polar surface area (TPSA) is 65.6 Å². The number of carbonyl (C=O) groups excluding carboxylic acids is 2. The van der Waals surface area contributed by atoms with Gasteiger partial charge in [-0.25, -0.2) is 0 Å². The highest BCUT2D eigenvalue weighted by atomic mass is 16.5. The molecule has 29 heavy (non-hydrogen) atoms. The molecule has 1 N–H and O–H groups in total. The Hall–Kier alpha value is -3.12. The first-order valence-corrected chi connectivity index (χ1v) is 9.93. The molecule has 1 atom stereocenters. The summed E-state index contributed by atoms with van der Waals surface area (Å²) in [5.74, 6) is 0.672. The van der Waals surface area contributed by atoms with E-state index in [0.29, 0.717) is 13.1 Å². The van der Waals surface area contributed by atoms with Crippen molar-refractivity contribution in [1.29, 1.82) is 0 Å². The number of ether oxygens (including phenoxy) is 1. The Bertz CT molecular complexity index is 1090. The predicted octanol–water partition coefficient (Wildman–Crippen LogP) is 2.86. The minimum absolute atomic E-state index is 0.0833. The van der Waals surface area contributed by atoms with Crippen LogP contribution in [0.2, 0.25) is 0 Å². The lowest BCUT2D eigenvalue weighted by molar-refractivity contribution is -0.140. The van der Waals surface area contributed by atoms with E-state index in [4.69, 9.17) is 4.74 Å². The summed E-state index contributed by atoms with van der Waals surface area (Å²) < 4.78 is 5.36. The third-order valence-corrected chi connectivity index (χ3v) is 6.06. The molecule has 2 aliphatic heterocycles. The molecular weight excluding hydrogens is 366 g/mol. The molecule has 6 nitrogen and oxygen atoms in total. The van der Waals surface area contributed by atoms with Crippen LogP contribution in [0.4, 0.5) is 0 Å². The number of aromatic nitrogens is 1. The van der Waals surface area contributed by atoms with E-state index >= 15 is 0 Å². The van der Waals surface area contributed by atoms with Crippen LogP contribution >= 0.6 is 0 Å². The molecule has 2 aromatic carbocycles. The molecule has 148 valence electrons. The second-order valence-corrected chi connectivity index (χ2v) is 7.74. The number of nitrogens with one attached hydrogen (secondary N) is 1. The van der Waals surface area contributed by atoms with E-state index < -0.39 is 0 Å². The lowest BCUT2D eigenvalue weighted by Crippen LogP contribution is -2.44. The number of amides is 2. The van der Waals surface area contributed by atoms with Crippen LogP contribution in [-0.2, 0) is 29.1 Å². The number of H-pyrrole nitrogens is 1. The first-order valence-electron chi connectivity index (χ1n) is 9.93. The van der Waals surface area contributed by atoms with E-state index in [2.05, 4.69) is 16.0 Å². The molecule has 1 saturated heterocycles. The normalized spacial score (nSPS) is 19.8. The van der Waals surface area contributed by atoms with Crippen molar-refractivity contribution in [3.05, 3.63) is 65.4 Å². The second kappa shape index (κ2) is 7.04. The molecule has 2 amide bonds. The summed E-state index contributed by atoms with van der Waals surface area (Å²) in [6.45, 7) is 1.76. The molecule has 5 rings (SSSR count). The summed E-state index contributed by atoms with van der Waals surface area (Å²) in [7, 11) is 1.67. The minimum Gasteiger partial charge on any atom is -0.497 e. The Morgan fingerprint density at radius 2 is 1.97 bits per heavy atom. The number of likely N-dealkylation sites (tertiary alicyclic amines) is 1. The molecule has 1 fully saturated rings. The van der Waals surface area contributed by atoms with Gasteiger partial charge in [-0.3, -0.25) is 19.4 Å². The number of rotatable bonds is 4. The van der Waals surface area contributed by atoms with Gasteiger partial charge in [0.05, 0.1) is 26.1 Å². The Morgan fingerprint density at radius 1 is 1.14 bits per heavy atom. The highest BCUT2D eigenvalue weighted by Gasteiger charge is 2.42. The fraction of sp³-hybridized carbons (Fsp3) is 0.304. The number of hydrogen-bond acceptors (Lipinski definition) is 4. The zero-order valence-electron chi connectivity index (χ0n) is 16.4. The maximum Gasteiger partial charge on any atom is 0.247 e. The van der Waals surface area contributed by atoms with Gasteiger partial charge in [0.25, 0.3) is 0 Å². The van der Waals surface area contributed by atoms with Gasteiger partial charge in [0, 0.05) is 29.7 Å². The van der Waals surface area contributed by atoms with Gasteiger partial charge in [-0.1, -0.05) is 30.3 Å². The van der Waals surface area contributed by atoms with Crippen LogP contribution in [0.25, 0.3) is 10.9 Å². The molecule has 0 spiro atoms. The number of benzene rings is 2. The van der Waals surface area contributed by atoms with Crippen LogP contribution in [0.1, 0.15) is 23.2 Å². The van der Waals surface area contributed by atoms with E-state index in [0.717, 1.165) is 35.5 Å². The summed E-state index contributed by atoms with van der Waals surface area (Å²) >= 11 is 0. The summed E-state index contributed by atoms with van der Waals surface area (Å²) in [6.07, 6.45) is 1.11. The molecular formula is C23H23N3O3. The average molecular weight is 389 g/mol. The van der Waals surface area contributed by atoms with E-state index in [1.807, 2.05) is 42.5 Å². The van der Waals surface area contributed by atoms with Crippen molar-refractivity contribution in [3.8, 4) is 5.75 Å². The first-order chi connectivity index (χ1) is 14.1. The van der Waals surface area contributed by atoms with Crippen molar-refractivity contribution in [1.82, 2.24) is 14.8 Å². The van der Waals surface area contributed by atoms with Gasteiger partial charge in [0.1, 0.15) is 5.75 Å². The zero-order chi connectivity index (χ0) is 20.0. The number of fused-ring (bicyclic) bond motifs is 3. The Labute approximate surface area is 169 Å². The van der Waals surface area contributed by atoms with Gasteiger partial charge in [0.2, 0.25) is 11.8 Å². The summed E-state index contributed by atoms with van der Waals surface area (Å²) in [5.41, 5.74) is 4.46. The molecule has 6 heteroatoms. The summed E-state index contributed by atoms with van der Waals surface area (Å²) in [4.78, 5) is 32.6. The number of methoxy groups -OCH3 is 1. The maximum absolute atomic E-state index is 13.0. The molecule has 1 aromatic heterocycles. The van der Waals surface area contributed by atoms with Gasteiger partial charge in [-0.05, 0) is 35.7 Å². The highest BCUT2D eigenvalue weighted by molar-refractivity contribution is 6.05. The largest absolute Gasteiger partial charge is 0.497 e. The SMILES string of the molecule is COc1ccc2[nH]c3c(c2c1)CCN([C@@H]1CC(=O)N(Cc2ccccc2)C1=O)C3. The fourth-order valence-electron chi connectivity index (χ4n) is 4.52. The third kappa shape index (κ3) is 3.09. The number of carbonyl (C=O) groups is 2. The fourth-order valence-corrected chi connectivity index (χ4v) is 4.52. The van der Waals surface area contributed by atoms with Crippen molar-refractivity contribution in [3.63, 3.8) is 0 Å². The molecule has 3 aromatic rings. The van der Waals surface area contributed by atoms with Crippen molar-refractivity contribution in [2.45, 2.75) is 32.0 Å².